The van der Waals surface area contributed by atoms with Crippen LogP contribution in [0.1, 0.15) is 23.1 Å². The predicted octanol–water partition coefficient (Wildman–Crippen LogP) is 2.27. The predicted molar refractivity (Wildman–Crippen MR) is 91.7 cm³/mol. The molecule has 0 aliphatic carbocycles. The van der Waals surface area contributed by atoms with Gasteiger partial charge in [0.2, 0.25) is 5.91 Å². The van der Waals surface area contributed by atoms with Crippen molar-refractivity contribution < 1.29 is 14.7 Å². The summed E-state index contributed by atoms with van der Waals surface area (Å²) in [6.45, 7) is 4.22. The first-order valence-corrected chi connectivity index (χ1v) is 7.67. The molecule has 1 atom stereocenters. The fourth-order valence-electron chi connectivity index (χ4n) is 2.43. The zero-order valence-corrected chi connectivity index (χ0v) is 13.7. The lowest BCUT2D eigenvalue weighted by molar-refractivity contribution is -0.141. The first-order valence-electron chi connectivity index (χ1n) is 7.67. The van der Waals surface area contributed by atoms with E-state index in [4.69, 9.17) is 0 Å². The molecule has 0 radical (unpaired) electrons. The van der Waals surface area contributed by atoms with Crippen molar-refractivity contribution in [2.45, 2.75) is 32.9 Å². The molecule has 1 aromatic heterocycles. The van der Waals surface area contributed by atoms with Crippen LogP contribution < -0.4 is 10.6 Å². The summed E-state index contributed by atoms with van der Waals surface area (Å²) in [5, 5.41) is 14.9. The highest BCUT2D eigenvalue weighted by Crippen LogP contribution is 2.14. The van der Waals surface area contributed by atoms with Crippen LogP contribution in [0.25, 0.3) is 0 Å². The van der Waals surface area contributed by atoms with Crippen molar-refractivity contribution in [1.82, 2.24) is 10.3 Å². The molecule has 6 heteroatoms. The van der Waals surface area contributed by atoms with Crippen LogP contribution in [0.2, 0.25) is 0 Å². The van der Waals surface area contributed by atoms with E-state index in [0.29, 0.717) is 12.2 Å². The SMILES string of the molecule is Cc1cc(C)cc(NC(=O)C[C@H](NCc2cccnc2)C(=O)O)c1. The molecule has 0 spiro atoms. The van der Waals surface area contributed by atoms with Crippen LogP contribution in [0.4, 0.5) is 5.69 Å². The highest BCUT2D eigenvalue weighted by molar-refractivity contribution is 5.94. The number of carboxylic acid groups (broad SMARTS) is 1. The van der Waals surface area contributed by atoms with Gasteiger partial charge in [-0.25, -0.2) is 0 Å². The second-order valence-corrected chi connectivity index (χ2v) is 5.76. The van der Waals surface area contributed by atoms with Crippen molar-refractivity contribution in [1.29, 1.82) is 0 Å². The summed E-state index contributed by atoms with van der Waals surface area (Å²) >= 11 is 0. The number of aliphatic carboxylic acids is 1. The second-order valence-electron chi connectivity index (χ2n) is 5.76. The standard InChI is InChI=1S/C18H21N3O3/c1-12-6-13(2)8-15(7-12)21-17(22)9-16(18(23)24)20-11-14-4-3-5-19-10-14/h3-8,10,16,20H,9,11H2,1-2H3,(H,21,22)(H,23,24)/t16-/m0/s1. The van der Waals surface area contributed by atoms with Gasteiger partial charge in [-0.1, -0.05) is 12.1 Å². The minimum absolute atomic E-state index is 0.150. The van der Waals surface area contributed by atoms with Crippen molar-refractivity contribution in [3.8, 4) is 0 Å². The number of aromatic nitrogens is 1. The molecule has 2 aromatic rings. The Labute approximate surface area is 140 Å². The molecule has 3 N–H and O–H groups in total. The molecule has 6 nitrogen and oxygen atoms in total. The Morgan fingerprint density at radius 3 is 2.50 bits per heavy atom. The van der Waals surface area contributed by atoms with Gasteiger partial charge in [0.25, 0.3) is 0 Å². The number of hydrogen-bond acceptors (Lipinski definition) is 4. The quantitative estimate of drug-likeness (QED) is 0.725. The minimum Gasteiger partial charge on any atom is -0.480 e. The molecule has 24 heavy (non-hydrogen) atoms. The number of amides is 1. The van der Waals surface area contributed by atoms with Gasteiger partial charge in [-0.15, -0.1) is 0 Å². The zero-order chi connectivity index (χ0) is 17.5. The molecule has 0 aliphatic rings. The van der Waals surface area contributed by atoms with Crippen LogP contribution in [-0.2, 0) is 16.1 Å². The number of pyridine rings is 1. The number of rotatable bonds is 7. The fourth-order valence-corrected chi connectivity index (χ4v) is 2.43. The molecule has 0 fully saturated rings. The molecule has 1 heterocycles. The molecular formula is C18H21N3O3. The van der Waals surface area contributed by atoms with E-state index in [1.165, 1.54) is 0 Å². The lowest BCUT2D eigenvalue weighted by Gasteiger charge is -2.15. The van der Waals surface area contributed by atoms with E-state index in [0.717, 1.165) is 16.7 Å². The third-order valence-electron chi connectivity index (χ3n) is 3.47. The molecule has 1 aromatic carbocycles. The molecule has 2 rings (SSSR count). The normalized spacial score (nSPS) is 11.8. The lowest BCUT2D eigenvalue weighted by atomic mass is 10.1. The smallest absolute Gasteiger partial charge is 0.321 e. The number of anilines is 1. The average Bonchev–Trinajstić information content (AvgIpc) is 2.51. The van der Waals surface area contributed by atoms with Crippen LogP contribution in [-0.4, -0.2) is 28.0 Å². The van der Waals surface area contributed by atoms with Gasteiger partial charge < -0.3 is 10.4 Å². The van der Waals surface area contributed by atoms with E-state index in [1.54, 1.807) is 18.5 Å². The molecule has 0 bridgehead atoms. The molecule has 0 saturated heterocycles. The Bertz CT molecular complexity index is 696. The first kappa shape index (κ1) is 17.6. The van der Waals surface area contributed by atoms with E-state index in [1.807, 2.05) is 38.1 Å². The number of carbonyl (C=O) groups is 2. The van der Waals surface area contributed by atoms with Gasteiger partial charge >= 0.3 is 5.97 Å². The average molecular weight is 327 g/mol. The van der Waals surface area contributed by atoms with Gasteiger partial charge in [-0.05, 0) is 48.7 Å². The van der Waals surface area contributed by atoms with E-state index in [9.17, 15) is 14.7 Å². The molecule has 126 valence electrons. The monoisotopic (exact) mass is 327 g/mol. The molecule has 0 unspecified atom stereocenters. The van der Waals surface area contributed by atoms with Gasteiger partial charge in [0.1, 0.15) is 6.04 Å². The maximum atomic E-state index is 12.1. The number of carbonyl (C=O) groups excluding carboxylic acids is 1. The van der Waals surface area contributed by atoms with Crippen LogP contribution in [0.5, 0.6) is 0 Å². The fraction of sp³-hybridized carbons (Fsp3) is 0.278. The summed E-state index contributed by atoms with van der Waals surface area (Å²) in [4.78, 5) is 27.5. The van der Waals surface area contributed by atoms with Crippen molar-refractivity contribution >= 4 is 17.6 Å². The van der Waals surface area contributed by atoms with Crippen LogP contribution in [0.15, 0.2) is 42.7 Å². The molecule has 0 saturated carbocycles. The van der Waals surface area contributed by atoms with Crippen LogP contribution >= 0.6 is 0 Å². The highest BCUT2D eigenvalue weighted by atomic mass is 16.4. The number of aryl methyl sites for hydroxylation is 2. The third-order valence-corrected chi connectivity index (χ3v) is 3.47. The molecular weight excluding hydrogens is 306 g/mol. The van der Waals surface area contributed by atoms with E-state index in [-0.39, 0.29) is 12.3 Å². The van der Waals surface area contributed by atoms with E-state index >= 15 is 0 Å². The van der Waals surface area contributed by atoms with Gasteiger partial charge in [0, 0.05) is 24.6 Å². The van der Waals surface area contributed by atoms with Crippen molar-refractivity contribution in [2.24, 2.45) is 0 Å². The van der Waals surface area contributed by atoms with E-state index in [2.05, 4.69) is 15.6 Å². The topological polar surface area (TPSA) is 91.3 Å². The van der Waals surface area contributed by atoms with Gasteiger partial charge in [-0.3, -0.25) is 19.9 Å². The Hall–Kier alpha value is -2.73. The maximum absolute atomic E-state index is 12.1. The Balaban J connectivity index is 1.94. The number of carboxylic acids is 1. The number of hydrogen-bond donors (Lipinski definition) is 3. The largest absolute Gasteiger partial charge is 0.480 e. The summed E-state index contributed by atoms with van der Waals surface area (Å²) in [6, 6.07) is 8.36. The Morgan fingerprint density at radius 1 is 1.21 bits per heavy atom. The lowest BCUT2D eigenvalue weighted by Crippen LogP contribution is -2.39. The third kappa shape index (κ3) is 5.48. The summed E-state index contributed by atoms with van der Waals surface area (Å²) in [7, 11) is 0. The maximum Gasteiger partial charge on any atom is 0.321 e. The number of benzene rings is 1. The zero-order valence-electron chi connectivity index (χ0n) is 13.7. The van der Waals surface area contributed by atoms with E-state index < -0.39 is 12.0 Å². The van der Waals surface area contributed by atoms with Gasteiger partial charge in [0.15, 0.2) is 0 Å². The molecule has 1 amide bonds. The van der Waals surface area contributed by atoms with Crippen molar-refractivity contribution in [3.05, 3.63) is 59.4 Å². The van der Waals surface area contributed by atoms with Crippen LogP contribution in [0, 0.1) is 13.8 Å². The van der Waals surface area contributed by atoms with Gasteiger partial charge in [-0.2, -0.15) is 0 Å². The Kier molecular flexibility index (Phi) is 6.03. The second kappa shape index (κ2) is 8.21. The summed E-state index contributed by atoms with van der Waals surface area (Å²) in [5.74, 6) is -1.40. The summed E-state index contributed by atoms with van der Waals surface area (Å²) in [6.07, 6.45) is 3.15. The number of nitrogens with zero attached hydrogens (tertiary/aromatic N) is 1. The van der Waals surface area contributed by atoms with Gasteiger partial charge in [0.05, 0.1) is 6.42 Å². The Morgan fingerprint density at radius 2 is 1.92 bits per heavy atom. The highest BCUT2D eigenvalue weighted by Gasteiger charge is 2.20. The van der Waals surface area contributed by atoms with Crippen molar-refractivity contribution in [2.75, 3.05) is 5.32 Å². The number of nitrogens with one attached hydrogen (secondary N) is 2. The minimum atomic E-state index is -1.06. The first-order chi connectivity index (χ1) is 11.4. The summed E-state index contributed by atoms with van der Waals surface area (Å²) in [5.41, 5.74) is 3.61. The van der Waals surface area contributed by atoms with Crippen molar-refractivity contribution in [3.63, 3.8) is 0 Å². The summed E-state index contributed by atoms with van der Waals surface area (Å²) < 4.78 is 0. The molecule has 0 aliphatic heterocycles. The van der Waals surface area contributed by atoms with Crippen LogP contribution in [0.3, 0.4) is 0 Å².